The number of halogens is 2. The summed E-state index contributed by atoms with van der Waals surface area (Å²) < 4.78 is 9.10. The van der Waals surface area contributed by atoms with Gasteiger partial charge in [-0.2, -0.15) is 0 Å². The Hall–Kier alpha value is -4.40. The number of alkyl halides is 2. The van der Waals surface area contributed by atoms with Gasteiger partial charge in [-0.1, -0.05) is 47.5 Å². The van der Waals surface area contributed by atoms with E-state index in [2.05, 4.69) is 0 Å². The Morgan fingerprint density at radius 2 is 1.00 bits per heavy atom. The fourth-order valence-electron chi connectivity index (χ4n) is 4.26. The second kappa shape index (κ2) is 10.1. The predicted molar refractivity (Wildman–Crippen MR) is 142 cm³/mol. The minimum atomic E-state index is -1.57. The zero-order valence-electron chi connectivity index (χ0n) is 20.0. The van der Waals surface area contributed by atoms with Crippen molar-refractivity contribution in [2.75, 3.05) is 0 Å². The molecule has 0 aromatic heterocycles. The first-order valence-corrected chi connectivity index (χ1v) is 12.3. The van der Waals surface area contributed by atoms with Crippen molar-refractivity contribution in [1.82, 2.24) is 0 Å². The zero-order chi connectivity index (χ0) is 27.9. The van der Waals surface area contributed by atoms with Crippen LogP contribution in [0.3, 0.4) is 0 Å². The number of rotatable bonds is 6. The van der Waals surface area contributed by atoms with E-state index in [1.165, 1.54) is 48.5 Å². The lowest BCUT2D eigenvalue weighted by Crippen LogP contribution is -2.12. The second-order valence-corrected chi connectivity index (χ2v) is 10.2. The molecule has 0 unspecified atom stereocenters. The number of carbonyl (C=O) groups excluding carboxylic acids is 2. The third-order valence-electron chi connectivity index (χ3n) is 6.30. The Balaban J connectivity index is 1.32. The number of ether oxygens (including phenoxy) is 2. The topological polar surface area (TPSA) is 134 Å². The standard InChI is InChI=1S/C29H20Cl2O8/c30-29(31)21-11-17(27(36)38-13-15-1-7-23(32)25(34)9-15)3-5-19(21)20-6-4-18(12-22(20)29)28(37)39-14-16-2-8-24(33)26(35)10-16/h1-12,32-35H,13-14H2. The van der Waals surface area contributed by atoms with Gasteiger partial charge >= 0.3 is 11.9 Å². The van der Waals surface area contributed by atoms with Gasteiger partial charge in [0, 0.05) is 11.1 Å². The molecule has 4 aromatic rings. The summed E-state index contributed by atoms with van der Waals surface area (Å²) in [5.41, 5.74) is 3.64. The molecule has 0 saturated heterocycles. The number of hydrogen-bond donors (Lipinski definition) is 4. The Kier molecular flexibility index (Phi) is 6.76. The predicted octanol–water partition coefficient (Wildman–Crippen LogP) is 5.88. The molecule has 8 nitrogen and oxygen atoms in total. The number of aromatic hydroxyl groups is 4. The van der Waals surface area contributed by atoms with Crippen LogP contribution in [0.2, 0.25) is 0 Å². The Morgan fingerprint density at radius 3 is 1.38 bits per heavy atom. The van der Waals surface area contributed by atoms with Crippen LogP contribution in [0.5, 0.6) is 23.0 Å². The SMILES string of the molecule is O=C(OCc1ccc(O)c(O)c1)c1ccc2c(c1)C(Cl)(Cl)c1cc(C(=O)OCc3ccc(O)c(O)c3)ccc1-2. The molecule has 4 aromatic carbocycles. The van der Waals surface area contributed by atoms with Crippen LogP contribution >= 0.6 is 23.2 Å². The van der Waals surface area contributed by atoms with Gasteiger partial charge in [0.2, 0.25) is 0 Å². The second-order valence-electron chi connectivity index (χ2n) is 8.89. The highest BCUT2D eigenvalue weighted by atomic mass is 35.5. The highest BCUT2D eigenvalue weighted by Gasteiger charge is 2.41. The van der Waals surface area contributed by atoms with Gasteiger partial charge in [0.25, 0.3) is 0 Å². The van der Waals surface area contributed by atoms with E-state index in [0.29, 0.717) is 33.4 Å². The van der Waals surface area contributed by atoms with E-state index in [-0.39, 0.29) is 47.3 Å². The summed E-state index contributed by atoms with van der Waals surface area (Å²) in [4.78, 5) is 25.4. The molecule has 4 N–H and O–H groups in total. The van der Waals surface area contributed by atoms with Crippen molar-refractivity contribution in [3.63, 3.8) is 0 Å². The highest BCUT2D eigenvalue weighted by molar-refractivity contribution is 6.51. The van der Waals surface area contributed by atoms with Gasteiger partial charge in [0.1, 0.15) is 13.2 Å². The van der Waals surface area contributed by atoms with Crippen LogP contribution in [0, 0.1) is 0 Å². The smallest absolute Gasteiger partial charge is 0.338 e. The Bertz CT molecular complexity index is 1510. The van der Waals surface area contributed by atoms with Crippen molar-refractivity contribution in [2.45, 2.75) is 17.5 Å². The van der Waals surface area contributed by atoms with E-state index >= 15 is 0 Å². The molecule has 10 heteroatoms. The molecule has 198 valence electrons. The van der Waals surface area contributed by atoms with Crippen molar-refractivity contribution in [1.29, 1.82) is 0 Å². The average molecular weight is 567 g/mol. The van der Waals surface area contributed by atoms with Gasteiger partial charge in [-0.05, 0) is 70.8 Å². The van der Waals surface area contributed by atoms with E-state index in [1.54, 1.807) is 24.3 Å². The summed E-state index contributed by atoms with van der Waals surface area (Å²) >= 11 is 13.5. The maximum absolute atomic E-state index is 12.7. The summed E-state index contributed by atoms with van der Waals surface area (Å²) in [7, 11) is 0. The maximum Gasteiger partial charge on any atom is 0.338 e. The van der Waals surface area contributed by atoms with Crippen molar-refractivity contribution in [2.24, 2.45) is 0 Å². The minimum absolute atomic E-state index is 0.133. The van der Waals surface area contributed by atoms with Crippen molar-refractivity contribution in [3.8, 4) is 34.1 Å². The molecular formula is C29H20Cl2O8. The van der Waals surface area contributed by atoms with Crippen LogP contribution in [-0.2, 0) is 27.0 Å². The largest absolute Gasteiger partial charge is 0.504 e. The maximum atomic E-state index is 12.7. The van der Waals surface area contributed by atoms with Crippen LogP contribution in [0.25, 0.3) is 11.1 Å². The lowest BCUT2D eigenvalue weighted by molar-refractivity contribution is 0.0463. The number of benzene rings is 4. The summed E-state index contributed by atoms with van der Waals surface area (Å²) in [6.45, 7) is -0.266. The molecule has 0 bridgehead atoms. The molecule has 5 rings (SSSR count). The first kappa shape index (κ1) is 26.2. The third kappa shape index (κ3) is 5.04. The van der Waals surface area contributed by atoms with Gasteiger partial charge in [-0.25, -0.2) is 9.59 Å². The van der Waals surface area contributed by atoms with Gasteiger partial charge < -0.3 is 29.9 Å². The fraction of sp³-hybridized carbons (Fsp3) is 0.103. The van der Waals surface area contributed by atoms with E-state index < -0.39 is 16.3 Å². The molecule has 0 fully saturated rings. The highest BCUT2D eigenvalue weighted by Crippen LogP contribution is 2.54. The quantitative estimate of drug-likeness (QED) is 0.129. The molecule has 0 aliphatic heterocycles. The summed E-state index contributed by atoms with van der Waals surface area (Å²) in [5, 5.41) is 38.1. The van der Waals surface area contributed by atoms with Crippen molar-refractivity contribution in [3.05, 3.63) is 106 Å². The van der Waals surface area contributed by atoms with Crippen LogP contribution in [0.4, 0.5) is 0 Å². The minimum Gasteiger partial charge on any atom is -0.504 e. The summed E-state index contributed by atoms with van der Waals surface area (Å²) in [6.07, 6.45) is 0. The molecule has 1 aliphatic carbocycles. The normalized spacial score (nSPS) is 12.9. The molecule has 0 atom stereocenters. The van der Waals surface area contributed by atoms with Crippen molar-refractivity contribution < 1.29 is 39.5 Å². The molecule has 0 saturated carbocycles. The first-order chi connectivity index (χ1) is 18.5. The van der Waals surface area contributed by atoms with Crippen LogP contribution in [-0.4, -0.2) is 32.4 Å². The van der Waals surface area contributed by atoms with E-state index in [9.17, 15) is 30.0 Å². The number of hydrogen-bond acceptors (Lipinski definition) is 8. The van der Waals surface area contributed by atoms with Crippen molar-refractivity contribution >= 4 is 35.1 Å². The number of esters is 2. The van der Waals surface area contributed by atoms with Gasteiger partial charge in [-0.15, -0.1) is 0 Å². The zero-order valence-corrected chi connectivity index (χ0v) is 21.5. The summed E-state index contributed by atoms with van der Waals surface area (Å²) in [5.74, 6) is -2.49. The molecule has 0 spiro atoms. The Labute approximate surface area is 232 Å². The number of phenolic OH excluding ortho intramolecular Hbond substituents is 4. The van der Waals surface area contributed by atoms with E-state index in [0.717, 1.165) is 0 Å². The van der Waals surface area contributed by atoms with Gasteiger partial charge in [-0.3, -0.25) is 0 Å². The number of carbonyl (C=O) groups is 2. The third-order valence-corrected chi connectivity index (χ3v) is 7.11. The lowest BCUT2D eigenvalue weighted by Gasteiger charge is -2.17. The van der Waals surface area contributed by atoms with Crippen LogP contribution < -0.4 is 0 Å². The van der Waals surface area contributed by atoms with E-state index in [4.69, 9.17) is 32.7 Å². The van der Waals surface area contributed by atoms with Gasteiger partial charge in [0.05, 0.1) is 11.1 Å². The van der Waals surface area contributed by atoms with Crippen LogP contribution in [0.15, 0.2) is 72.8 Å². The Morgan fingerprint density at radius 1 is 0.590 bits per heavy atom. The first-order valence-electron chi connectivity index (χ1n) is 11.6. The summed E-state index contributed by atoms with van der Waals surface area (Å²) in [6, 6.07) is 17.8. The van der Waals surface area contributed by atoms with E-state index in [1.807, 2.05) is 0 Å². The molecule has 39 heavy (non-hydrogen) atoms. The molecule has 1 aliphatic rings. The molecular weight excluding hydrogens is 547 g/mol. The molecule has 0 amide bonds. The average Bonchev–Trinajstić information content (AvgIpc) is 3.15. The number of phenols is 4. The fourth-order valence-corrected chi connectivity index (χ4v) is 4.88. The monoisotopic (exact) mass is 566 g/mol. The molecule has 0 heterocycles. The molecule has 0 radical (unpaired) electrons. The number of fused-ring (bicyclic) bond motifs is 3. The van der Waals surface area contributed by atoms with Gasteiger partial charge in [0.15, 0.2) is 27.3 Å². The lowest BCUT2D eigenvalue weighted by atomic mass is 10.0. The van der Waals surface area contributed by atoms with Crippen LogP contribution in [0.1, 0.15) is 43.0 Å².